The number of nitrogens with zero attached hydrogens (tertiary/aromatic N) is 2. The minimum atomic E-state index is -1.20. The number of carboxylic acid groups (broad SMARTS) is 1. The summed E-state index contributed by atoms with van der Waals surface area (Å²) in [5.74, 6) is -3.23. The second-order valence-corrected chi connectivity index (χ2v) is 9.11. The third-order valence-corrected chi connectivity index (χ3v) is 6.33. The lowest BCUT2D eigenvalue weighted by atomic mass is 9.82. The number of carboxylic acids is 1. The number of methoxy groups -OCH3 is 2. The number of carbonyl (C=O) groups is 1. The molecule has 4 aromatic rings. The van der Waals surface area contributed by atoms with E-state index in [4.69, 9.17) is 9.47 Å². The maximum absolute atomic E-state index is 14.7. The lowest BCUT2D eigenvalue weighted by molar-refractivity contribution is 0.0693. The average Bonchev–Trinajstić information content (AvgIpc) is 3.23. The molecule has 0 saturated carbocycles. The van der Waals surface area contributed by atoms with Gasteiger partial charge in [0.1, 0.15) is 11.3 Å². The van der Waals surface area contributed by atoms with Gasteiger partial charge in [-0.05, 0) is 42.0 Å². The minimum Gasteiger partial charge on any atom is -0.503 e. The fourth-order valence-corrected chi connectivity index (χ4v) is 4.62. The Bertz CT molecular complexity index is 1580. The number of phenols is 1. The van der Waals surface area contributed by atoms with Crippen molar-refractivity contribution in [2.24, 2.45) is 0 Å². The molecule has 1 heterocycles. The molecule has 0 saturated heterocycles. The van der Waals surface area contributed by atoms with Crippen molar-refractivity contribution in [2.75, 3.05) is 14.2 Å². The first kappa shape index (κ1) is 25.5. The summed E-state index contributed by atoms with van der Waals surface area (Å²) in [5.41, 5.74) is 1.08. The highest BCUT2D eigenvalue weighted by Gasteiger charge is 2.34. The zero-order chi connectivity index (χ0) is 27.1. The fourth-order valence-electron chi connectivity index (χ4n) is 4.62. The molecular weight excluding hydrogens is 482 g/mol. The second kappa shape index (κ2) is 9.47. The SMILES string of the molecule is COc1cc(-c2c(C(C)(C)CC#N)n(-c3ccc(C(=O)O)c(OC)c3)c3c(O)c(F)ccc23)ccc1F. The third kappa shape index (κ3) is 4.20. The summed E-state index contributed by atoms with van der Waals surface area (Å²) in [6.45, 7) is 3.64. The van der Waals surface area contributed by atoms with Crippen molar-refractivity contribution in [3.8, 4) is 40.1 Å². The largest absolute Gasteiger partial charge is 0.503 e. The molecule has 7 nitrogen and oxygen atoms in total. The first-order chi connectivity index (χ1) is 17.5. The van der Waals surface area contributed by atoms with Gasteiger partial charge in [0.05, 0.1) is 25.8 Å². The molecule has 0 aliphatic heterocycles. The number of ether oxygens (including phenoxy) is 2. The van der Waals surface area contributed by atoms with Crippen LogP contribution in [0.1, 0.15) is 36.3 Å². The van der Waals surface area contributed by atoms with E-state index in [-0.39, 0.29) is 29.0 Å². The van der Waals surface area contributed by atoms with Crippen LogP contribution in [0.25, 0.3) is 27.7 Å². The Morgan fingerprint density at radius 2 is 1.70 bits per heavy atom. The summed E-state index contributed by atoms with van der Waals surface area (Å²) >= 11 is 0. The van der Waals surface area contributed by atoms with Crippen LogP contribution < -0.4 is 9.47 Å². The van der Waals surface area contributed by atoms with Crippen LogP contribution in [0.2, 0.25) is 0 Å². The van der Waals surface area contributed by atoms with Gasteiger partial charge >= 0.3 is 5.97 Å². The zero-order valence-electron chi connectivity index (χ0n) is 20.6. The van der Waals surface area contributed by atoms with Crippen LogP contribution in [-0.2, 0) is 5.41 Å². The Kier molecular flexibility index (Phi) is 6.53. The first-order valence-corrected chi connectivity index (χ1v) is 11.2. The van der Waals surface area contributed by atoms with E-state index in [0.29, 0.717) is 27.9 Å². The lowest BCUT2D eigenvalue weighted by Crippen LogP contribution is -2.22. The van der Waals surface area contributed by atoms with Gasteiger partial charge < -0.3 is 24.3 Å². The highest BCUT2D eigenvalue weighted by atomic mass is 19.1. The smallest absolute Gasteiger partial charge is 0.339 e. The summed E-state index contributed by atoms with van der Waals surface area (Å²) in [5, 5.41) is 30.5. The van der Waals surface area contributed by atoms with Gasteiger partial charge in [-0.1, -0.05) is 19.9 Å². The number of benzene rings is 3. The molecule has 3 aromatic carbocycles. The van der Waals surface area contributed by atoms with E-state index >= 15 is 0 Å². The molecule has 0 aliphatic carbocycles. The molecule has 0 aliphatic rings. The van der Waals surface area contributed by atoms with Crippen molar-refractivity contribution >= 4 is 16.9 Å². The second-order valence-electron chi connectivity index (χ2n) is 9.11. The average molecular weight is 507 g/mol. The van der Waals surface area contributed by atoms with Gasteiger partial charge in [0.15, 0.2) is 23.1 Å². The van der Waals surface area contributed by atoms with Gasteiger partial charge in [-0.3, -0.25) is 0 Å². The molecule has 37 heavy (non-hydrogen) atoms. The standard InChI is InChI=1S/C28H24F2N2O5/c1-28(2,11-12-31)26-23(15-5-9-19(29)22(13-15)37-4)18-8-10-20(30)25(33)24(18)32(26)16-6-7-17(27(34)35)21(14-16)36-3/h5-10,13-14,33H,11H2,1-4H3,(H,34,35). The molecule has 9 heteroatoms. The van der Waals surface area contributed by atoms with Crippen LogP contribution >= 0.6 is 0 Å². The number of fused-ring (bicyclic) bond motifs is 1. The number of rotatable bonds is 7. The maximum Gasteiger partial charge on any atom is 0.339 e. The molecule has 1 aromatic heterocycles. The Morgan fingerprint density at radius 1 is 1.03 bits per heavy atom. The number of hydrogen-bond donors (Lipinski definition) is 2. The molecule has 190 valence electrons. The summed E-state index contributed by atoms with van der Waals surface area (Å²) in [6.07, 6.45) is 0.0439. The maximum atomic E-state index is 14.7. The van der Waals surface area contributed by atoms with Crippen molar-refractivity contribution in [1.29, 1.82) is 5.26 Å². The van der Waals surface area contributed by atoms with Crippen LogP contribution in [0.4, 0.5) is 8.78 Å². The van der Waals surface area contributed by atoms with E-state index in [1.54, 1.807) is 4.57 Å². The molecular formula is C28H24F2N2O5. The number of aromatic hydroxyl groups is 1. The molecule has 0 atom stereocenters. The highest BCUT2D eigenvalue weighted by molar-refractivity contribution is 6.03. The number of phenolic OH excluding ortho intramolecular Hbond substituents is 1. The number of halogens is 2. The third-order valence-electron chi connectivity index (χ3n) is 6.33. The topological polar surface area (TPSA) is 105 Å². The van der Waals surface area contributed by atoms with Gasteiger partial charge in [0.25, 0.3) is 0 Å². The summed E-state index contributed by atoms with van der Waals surface area (Å²) in [4.78, 5) is 11.7. The molecule has 0 bridgehead atoms. The molecule has 0 unspecified atom stereocenters. The van der Waals surface area contributed by atoms with E-state index in [1.165, 1.54) is 56.7 Å². The number of aromatic carboxylic acids is 1. The number of nitriles is 1. The van der Waals surface area contributed by atoms with Gasteiger partial charge in [0, 0.05) is 40.2 Å². The normalized spacial score (nSPS) is 11.4. The predicted octanol–water partition coefficient (Wildman–Crippen LogP) is 6.19. The number of aromatic nitrogens is 1. The van der Waals surface area contributed by atoms with Crippen molar-refractivity contribution in [2.45, 2.75) is 25.7 Å². The van der Waals surface area contributed by atoms with Gasteiger partial charge in [-0.25, -0.2) is 13.6 Å². The van der Waals surface area contributed by atoms with Crippen LogP contribution in [-0.4, -0.2) is 35.0 Å². The lowest BCUT2D eigenvalue weighted by Gasteiger charge is -2.27. The van der Waals surface area contributed by atoms with E-state index in [0.717, 1.165) is 6.07 Å². The first-order valence-electron chi connectivity index (χ1n) is 11.2. The minimum absolute atomic E-state index is 0.0127. The van der Waals surface area contributed by atoms with Crippen LogP contribution in [0.5, 0.6) is 17.2 Å². The van der Waals surface area contributed by atoms with Gasteiger partial charge in [-0.2, -0.15) is 5.26 Å². The Balaban J connectivity index is 2.24. The fraction of sp³-hybridized carbons (Fsp3) is 0.214. The Labute approximate surface area is 211 Å². The van der Waals surface area contributed by atoms with E-state index in [9.17, 15) is 29.1 Å². The van der Waals surface area contributed by atoms with Crippen molar-refractivity contribution < 1.29 is 33.3 Å². The highest BCUT2D eigenvalue weighted by Crippen LogP contribution is 2.47. The molecule has 4 rings (SSSR count). The van der Waals surface area contributed by atoms with E-state index in [1.807, 2.05) is 13.8 Å². The van der Waals surface area contributed by atoms with E-state index < -0.39 is 28.8 Å². The monoisotopic (exact) mass is 506 g/mol. The molecule has 0 radical (unpaired) electrons. The Morgan fingerprint density at radius 3 is 2.32 bits per heavy atom. The molecule has 0 spiro atoms. The quantitative estimate of drug-likeness (QED) is 0.310. The summed E-state index contributed by atoms with van der Waals surface area (Å²) in [7, 11) is 2.66. The Hall–Kier alpha value is -4.58. The van der Waals surface area contributed by atoms with Crippen molar-refractivity contribution in [1.82, 2.24) is 4.57 Å². The van der Waals surface area contributed by atoms with Crippen molar-refractivity contribution in [3.63, 3.8) is 0 Å². The zero-order valence-corrected chi connectivity index (χ0v) is 20.6. The van der Waals surface area contributed by atoms with Crippen LogP contribution in [0.3, 0.4) is 0 Å². The molecule has 0 amide bonds. The van der Waals surface area contributed by atoms with Gasteiger partial charge in [0.2, 0.25) is 0 Å². The van der Waals surface area contributed by atoms with E-state index in [2.05, 4.69) is 6.07 Å². The van der Waals surface area contributed by atoms with Crippen LogP contribution in [0.15, 0.2) is 48.5 Å². The summed E-state index contributed by atoms with van der Waals surface area (Å²) in [6, 6.07) is 13.4. The van der Waals surface area contributed by atoms with Crippen molar-refractivity contribution in [3.05, 3.63) is 71.4 Å². The molecule has 2 N–H and O–H groups in total. The number of hydrogen-bond acceptors (Lipinski definition) is 5. The predicted molar refractivity (Wildman–Crippen MR) is 134 cm³/mol. The summed E-state index contributed by atoms with van der Waals surface area (Å²) < 4.78 is 41.1. The van der Waals surface area contributed by atoms with Gasteiger partial charge in [-0.15, -0.1) is 0 Å². The van der Waals surface area contributed by atoms with Crippen LogP contribution in [0, 0.1) is 23.0 Å². The molecule has 0 fully saturated rings.